The predicted molar refractivity (Wildman–Crippen MR) is 225 cm³/mol. The van der Waals surface area contributed by atoms with Gasteiger partial charge in [-0.3, -0.25) is 9.78 Å². The lowest BCUT2D eigenvalue weighted by atomic mass is 10.1. The third-order valence-electron chi connectivity index (χ3n) is 8.69. The normalized spacial score (nSPS) is 11.8. The third-order valence-corrected chi connectivity index (χ3v) is 8.69. The molecular formula is C43H55N9O6. The van der Waals surface area contributed by atoms with Crippen molar-refractivity contribution in [1.82, 2.24) is 26.3 Å². The van der Waals surface area contributed by atoms with Crippen LogP contribution in [0.4, 0.5) is 9.59 Å². The van der Waals surface area contributed by atoms with Gasteiger partial charge in [-0.05, 0) is 84.9 Å². The van der Waals surface area contributed by atoms with E-state index in [1.165, 1.54) is 11.1 Å². The van der Waals surface area contributed by atoms with Crippen molar-refractivity contribution in [3.63, 3.8) is 0 Å². The minimum absolute atomic E-state index is 0.204. The number of carbonyl (C=O) groups is 4. The van der Waals surface area contributed by atoms with Crippen molar-refractivity contribution in [2.75, 3.05) is 19.7 Å². The van der Waals surface area contributed by atoms with E-state index in [1.54, 1.807) is 43.9 Å². The number of rotatable bonds is 21. The molecule has 58 heavy (non-hydrogen) atoms. The topological polar surface area (TPSA) is 236 Å². The molecule has 0 radical (unpaired) electrons. The number of ether oxygens (including phenoxy) is 1. The highest BCUT2D eigenvalue weighted by molar-refractivity contribution is 5.84. The average molecular weight is 794 g/mol. The van der Waals surface area contributed by atoms with Crippen LogP contribution in [0.15, 0.2) is 114 Å². The predicted octanol–water partition coefficient (Wildman–Crippen LogP) is 4.99. The smallest absolute Gasteiger partial charge is 0.329 e. The number of nitrogens with two attached hydrogens (primary N) is 2. The Kier molecular flexibility index (Phi) is 21.2. The molecule has 3 aromatic carbocycles. The van der Waals surface area contributed by atoms with E-state index in [0.29, 0.717) is 25.1 Å². The fourth-order valence-electron chi connectivity index (χ4n) is 5.74. The molecule has 0 saturated carbocycles. The number of hydrogen-bond acceptors (Lipinski definition) is 10. The van der Waals surface area contributed by atoms with Gasteiger partial charge in [0.05, 0.1) is 31.5 Å². The van der Waals surface area contributed by atoms with Gasteiger partial charge in [-0.25, -0.2) is 14.4 Å². The maximum absolute atomic E-state index is 12.2. The van der Waals surface area contributed by atoms with Gasteiger partial charge in [0.2, 0.25) is 0 Å². The zero-order chi connectivity index (χ0) is 41.8. The van der Waals surface area contributed by atoms with E-state index in [2.05, 4.69) is 36.5 Å². The Bertz CT molecular complexity index is 1860. The van der Waals surface area contributed by atoms with E-state index in [9.17, 15) is 19.2 Å². The zero-order valence-electron chi connectivity index (χ0n) is 32.9. The molecule has 4 rings (SSSR count). The summed E-state index contributed by atoms with van der Waals surface area (Å²) in [4.78, 5) is 51.5. The number of amides is 4. The molecule has 0 aliphatic carbocycles. The van der Waals surface area contributed by atoms with Crippen LogP contribution >= 0.6 is 0 Å². The van der Waals surface area contributed by atoms with Gasteiger partial charge in [-0.15, -0.1) is 0 Å². The molecule has 1 aromatic heterocycles. The third kappa shape index (κ3) is 18.7. The van der Waals surface area contributed by atoms with Gasteiger partial charge >= 0.3 is 24.0 Å². The summed E-state index contributed by atoms with van der Waals surface area (Å²) in [6, 6.07) is 26.9. The van der Waals surface area contributed by atoms with Gasteiger partial charge in [0.15, 0.2) is 0 Å². The van der Waals surface area contributed by atoms with Gasteiger partial charge in [-0.2, -0.15) is 10.2 Å². The molecule has 0 spiro atoms. The monoisotopic (exact) mass is 793 g/mol. The van der Waals surface area contributed by atoms with Crippen LogP contribution in [-0.2, 0) is 33.6 Å². The molecule has 0 fully saturated rings. The second kappa shape index (κ2) is 26.9. The van der Waals surface area contributed by atoms with Crippen LogP contribution < -0.4 is 33.0 Å². The molecule has 0 aliphatic heterocycles. The first-order chi connectivity index (χ1) is 28.2. The number of urea groups is 2. The quantitative estimate of drug-likeness (QED) is 0.0198. The first-order valence-corrected chi connectivity index (χ1v) is 19.3. The summed E-state index contributed by atoms with van der Waals surface area (Å²) in [6.45, 7) is 3.06. The van der Waals surface area contributed by atoms with Crippen LogP contribution in [0.2, 0.25) is 0 Å². The molecule has 0 aliphatic rings. The molecule has 4 amide bonds. The summed E-state index contributed by atoms with van der Waals surface area (Å²) < 4.78 is 5.10. The molecule has 308 valence electrons. The largest absolute Gasteiger partial charge is 0.481 e. The molecule has 0 saturated heterocycles. The first kappa shape index (κ1) is 45.6. The lowest BCUT2D eigenvalue weighted by molar-refractivity contribution is -0.145. The summed E-state index contributed by atoms with van der Waals surface area (Å²) in [6.07, 6.45) is 11.9. The zero-order valence-corrected chi connectivity index (χ0v) is 32.9. The van der Waals surface area contributed by atoms with Crippen molar-refractivity contribution in [2.24, 2.45) is 21.9 Å². The Labute approximate surface area is 339 Å². The summed E-state index contributed by atoms with van der Waals surface area (Å²) in [5, 5.41) is 27.1. The van der Waals surface area contributed by atoms with Gasteiger partial charge in [-0.1, -0.05) is 84.9 Å². The van der Waals surface area contributed by atoms with E-state index in [0.717, 1.165) is 55.2 Å². The molecular weight excluding hydrogens is 739 g/mol. The van der Waals surface area contributed by atoms with Crippen molar-refractivity contribution in [3.8, 4) is 0 Å². The van der Waals surface area contributed by atoms with E-state index in [1.807, 2.05) is 78.9 Å². The second-order valence-corrected chi connectivity index (χ2v) is 13.2. The number of nitrogens with one attached hydrogen (secondary N) is 4. The van der Waals surface area contributed by atoms with Crippen molar-refractivity contribution < 1.29 is 29.0 Å². The summed E-state index contributed by atoms with van der Waals surface area (Å²) in [5.41, 5.74) is 5.96. The number of hydrazone groups is 2. The maximum atomic E-state index is 12.2. The molecule has 9 N–H and O–H groups in total. The van der Waals surface area contributed by atoms with Crippen molar-refractivity contribution in [1.29, 1.82) is 0 Å². The van der Waals surface area contributed by atoms with Crippen LogP contribution in [-0.4, -0.2) is 72.3 Å². The number of benzene rings is 3. The number of carboxylic acids is 1. The van der Waals surface area contributed by atoms with Gasteiger partial charge < -0.3 is 42.8 Å². The van der Waals surface area contributed by atoms with Gasteiger partial charge in [0, 0.05) is 31.9 Å². The number of unbranched alkanes of at least 4 members (excludes halogenated alkanes) is 2. The molecule has 4 aromatic rings. The Morgan fingerprint density at radius 2 is 1.28 bits per heavy atom. The Morgan fingerprint density at radius 3 is 1.76 bits per heavy atom. The number of aromatic nitrogens is 1. The second-order valence-electron chi connectivity index (χ2n) is 13.2. The SMILES string of the molecule is CCOC(=O)C(Cc1ccccc1)NC(=O)NCCCCc1ccc(C=NN)cc1.NN=Cc1ccc(CCCCNC(=O)NC(CC(=O)O)c2cccnc2)cc1. The molecule has 1 heterocycles. The van der Waals surface area contributed by atoms with Crippen LogP contribution in [0.5, 0.6) is 0 Å². The number of hydrogen-bond donors (Lipinski definition) is 7. The standard InChI is InChI=1S/C23H30N4O3.C20H25N5O3/c1-2-30-22(28)21(16-19-9-4-3-5-10-19)27-23(29)25-15-7-6-8-18-11-13-20(14-12-18)17-26-24;21-24-13-16-8-6-15(7-9-16)4-1-2-11-23-20(28)25-18(12-19(26)27)17-5-3-10-22-14-17/h3-5,9-14,17,21H,2,6-8,15-16,24H2,1H3,(H2,25,27,29);3,5-10,13-14,18H,1-2,4,11-12,21H2,(H,26,27)(H2,23,25,28). The average Bonchev–Trinajstić information content (AvgIpc) is 3.22. The lowest BCUT2D eigenvalue weighted by Gasteiger charge is -2.18. The molecule has 15 heteroatoms. The highest BCUT2D eigenvalue weighted by Crippen LogP contribution is 2.15. The van der Waals surface area contributed by atoms with Crippen LogP contribution in [0, 0.1) is 0 Å². The Morgan fingerprint density at radius 1 is 0.724 bits per heavy atom. The van der Waals surface area contributed by atoms with Gasteiger partial charge in [0.1, 0.15) is 6.04 Å². The fraction of sp³-hybridized carbons (Fsp3) is 0.326. The fourth-order valence-corrected chi connectivity index (χ4v) is 5.74. The Balaban J connectivity index is 0.000000311. The Hall–Kier alpha value is -6.77. The van der Waals surface area contributed by atoms with E-state index >= 15 is 0 Å². The molecule has 0 bridgehead atoms. The number of aliphatic carboxylic acids is 1. The van der Waals surface area contributed by atoms with E-state index in [-0.39, 0.29) is 25.1 Å². The lowest BCUT2D eigenvalue weighted by Crippen LogP contribution is -2.48. The van der Waals surface area contributed by atoms with Crippen molar-refractivity contribution in [2.45, 2.75) is 70.4 Å². The first-order valence-electron chi connectivity index (χ1n) is 19.3. The van der Waals surface area contributed by atoms with Crippen molar-refractivity contribution >= 4 is 36.4 Å². The number of pyridine rings is 1. The van der Waals surface area contributed by atoms with E-state index < -0.39 is 24.0 Å². The summed E-state index contributed by atoms with van der Waals surface area (Å²) in [7, 11) is 0. The van der Waals surface area contributed by atoms with Crippen LogP contribution in [0.1, 0.15) is 78.5 Å². The molecule has 15 nitrogen and oxygen atoms in total. The minimum atomic E-state index is -0.988. The highest BCUT2D eigenvalue weighted by Gasteiger charge is 2.22. The van der Waals surface area contributed by atoms with Crippen LogP contribution in [0.3, 0.4) is 0 Å². The minimum Gasteiger partial charge on any atom is -0.481 e. The summed E-state index contributed by atoms with van der Waals surface area (Å²) in [5.74, 6) is 8.84. The number of aryl methyl sites for hydroxylation is 2. The molecule has 2 atom stereocenters. The highest BCUT2D eigenvalue weighted by atomic mass is 16.5. The van der Waals surface area contributed by atoms with Crippen LogP contribution in [0.25, 0.3) is 0 Å². The summed E-state index contributed by atoms with van der Waals surface area (Å²) >= 11 is 0. The maximum Gasteiger partial charge on any atom is 0.329 e. The number of carbonyl (C=O) groups excluding carboxylic acids is 3. The molecule has 2 unspecified atom stereocenters. The number of carboxylic acid groups (broad SMARTS) is 1. The van der Waals surface area contributed by atoms with Crippen molar-refractivity contribution in [3.05, 3.63) is 137 Å². The van der Waals surface area contributed by atoms with Gasteiger partial charge in [0.25, 0.3) is 0 Å². The number of esters is 1. The van der Waals surface area contributed by atoms with E-state index in [4.69, 9.17) is 21.5 Å². The number of nitrogens with zero attached hydrogens (tertiary/aromatic N) is 3.